The third kappa shape index (κ3) is 1.29. The highest BCUT2D eigenvalue weighted by atomic mass is 35.5. The number of hydrogen-bond acceptors (Lipinski definition) is 1. The number of benzene rings is 1. The minimum atomic E-state index is -0.796. The molecule has 0 spiro atoms. The molecule has 1 atom stereocenters. The van der Waals surface area contributed by atoms with Gasteiger partial charge in [-0.15, -0.1) is 0 Å². The normalized spacial score (nSPS) is 26.5. The van der Waals surface area contributed by atoms with Gasteiger partial charge in [-0.25, -0.2) is 0 Å². The summed E-state index contributed by atoms with van der Waals surface area (Å²) in [7, 11) is 0. The zero-order valence-corrected chi connectivity index (χ0v) is 10.4. The van der Waals surface area contributed by atoms with Gasteiger partial charge in [-0.2, -0.15) is 0 Å². The van der Waals surface area contributed by atoms with Gasteiger partial charge in [0.2, 0.25) is 0 Å². The van der Waals surface area contributed by atoms with E-state index in [9.17, 15) is 9.90 Å². The summed E-state index contributed by atoms with van der Waals surface area (Å²) in [6.45, 7) is 5.87. The van der Waals surface area contributed by atoms with Crippen LogP contribution in [0.3, 0.4) is 0 Å². The van der Waals surface area contributed by atoms with Crippen molar-refractivity contribution in [1.82, 2.24) is 0 Å². The van der Waals surface area contributed by atoms with Gasteiger partial charge in [0.25, 0.3) is 0 Å². The van der Waals surface area contributed by atoms with Crippen molar-refractivity contribution in [3.8, 4) is 0 Å². The first-order valence-corrected chi connectivity index (χ1v) is 5.70. The van der Waals surface area contributed by atoms with Gasteiger partial charge in [0.05, 0.1) is 0 Å². The second-order valence-electron chi connectivity index (χ2n) is 5.20. The fourth-order valence-electron chi connectivity index (χ4n) is 2.69. The minimum absolute atomic E-state index is 0.214. The number of hydrogen-bond donors (Lipinski definition) is 1. The second kappa shape index (κ2) is 3.24. The lowest BCUT2D eigenvalue weighted by atomic mass is 9.85. The third-order valence-corrected chi connectivity index (χ3v) is 4.07. The summed E-state index contributed by atoms with van der Waals surface area (Å²) in [6.07, 6.45) is 0.653. The topological polar surface area (TPSA) is 37.3 Å². The summed E-state index contributed by atoms with van der Waals surface area (Å²) < 4.78 is 0. The molecule has 0 radical (unpaired) electrons. The van der Waals surface area contributed by atoms with Crippen LogP contribution < -0.4 is 0 Å². The van der Waals surface area contributed by atoms with Crippen molar-refractivity contribution in [3.05, 3.63) is 34.3 Å². The predicted octanol–water partition coefficient (Wildman–Crippen LogP) is 3.40. The lowest BCUT2D eigenvalue weighted by Crippen LogP contribution is -2.26. The number of aliphatic carboxylic acids is 1. The van der Waals surface area contributed by atoms with Crippen molar-refractivity contribution in [2.24, 2.45) is 5.41 Å². The molecule has 16 heavy (non-hydrogen) atoms. The molecular formula is C13H15ClO2. The van der Waals surface area contributed by atoms with Crippen LogP contribution in [0.4, 0.5) is 0 Å². The van der Waals surface area contributed by atoms with E-state index in [4.69, 9.17) is 11.6 Å². The maximum absolute atomic E-state index is 11.5. The molecule has 1 fully saturated rings. The van der Waals surface area contributed by atoms with Gasteiger partial charge in [0.1, 0.15) is 5.41 Å². The standard InChI is InChI=1S/C13H15ClO2/c1-8-5-4-6-9(14)10(8)13(11(15)16)7-12(13,2)3/h4-6H,7H2,1-3H3,(H,15,16). The van der Waals surface area contributed by atoms with Crippen molar-refractivity contribution < 1.29 is 9.90 Å². The predicted molar refractivity (Wildman–Crippen MR) is 63.9 cm³/mol. The molecule has 0 saturated heterocycles. The van der Waals surface area contributed by atoms with E-state index < -0.39 is 11.4 Å². The maximum atomic E-state index is 11.5. The van der Waals surface area contributed by atoms with Gasteiger partial charge in [-0.1, -0.05) is 37.6 Å². The SMILES string of the molecule is Cc1cccc(Cl)c1C1(C(=O)O)CC1(C)C. The molecule has 2 rings (SSSR count). The third-order valence-electron chi connectivity index (χ3n) is 3.75. The smallest absolute Gasteiger partial charge is 0.314 e. The molecule has 2 nitrogen and oxygen atoms in total. The lowest BCUT2D eigenvalue weighted by molar-refractivity contribution is -0.141. The Morgan fingerprint density at radius 2 is 2.00 bits per heavy atom. The van der Waals surface area contributed by atoms with Gasteiger partial charge in [0.15, 0.2) is 0 Å². The fraction of sp³-hybridized carbons (Fsp3) is 0.462. The summed E-state index contributed by atoms with van der Waals surface area (Å²) in [4.78, 5) is 11.5. The number of halogens is 1. The highest BCUT2D eigenvalue weighted by Crippen LogP contribution is 2.66. The zero-order valence-electron chi connectivity index (χ0n) is 9.67. The molecule has 0 aliphatic heterocycles. The Bertz CT molecular complexity index is 445. The van der Waals surface area contributed by atoms with Crippen molar-refractivity contribution in [2.75, 3.05) is 0 Å². The van der Waals surface area contributed by atoms with Gasteiger partial charge in [-0.3, -0.25) is 4.79 Å². The van der Waals surface area contributed by atoms with Crippen LogP contribution in [0.5, 0.6) is 0 Å². The zero-order chi connectivity index (χ0) is 12.1. The highest BCUT2D eigenvalue weighted by molar-refractivity contribution is 6.32. The molecule has 0 amide bonds. The molecule has 1 aromatic rings. The van der Waals surface area contributed by atoms with E-state index in [1.54, 1.807) is 6.07 Å². The lowest BCUT2D eigenvalue weighted by Gasteiger charge is -2.19. The summed E-state index contributed by atoms with van der Waals surface area (Å²) >= 11 is 6.16. The van der Waals surface area contributed by atoms with E-state index in [2.05, 4.69) is 0 Å². The van der Waals surface area contributed by atoms with E-state index in [1.807, 2.05) is 32.9 Å². The maximum Gasteiger partial charge on any atom is 0.314 e. The van der Waals surface area contributed by atoms with Crippen LogP contribution in [-0.2, 0) is 10.2 Å². The Morgan fingerprint density at radius 3 is 2.38 bits per heavy atom. The van der Waals surface area contributed by atoms with Crippen LogP contribution in [0.25, 0.3) is 0 Å². The van der Waals surface area contributed by atoms with Gasteiger partial charge in [-0.05, 0) is 36.0 Å². The number of rotatable bonds is 2. The molecule has 0 aromatic heterocycles. The Hall–Kier alpha value is -1.02. The first kappa shape index (κ1) is 11.5. The molecule has 3 heteroatoms. The molecule has 1 unspecified atom stereocenters. The average Bonchev–Trinajstić information content (AvgIpc) is 2.70. The molecular weight excluding hydrogens is 224 g/mol. The number of aryl methyl sites for hydroxylation is 1. The minimum Gasteiger partial charge on any atom is -0.481 e. The quantitative estimate of drug-likeness (QED) is 0.858. The average molecular weight is 239 g/mol. The van der Waals surface area contributed by atoms with E-state index in [1.165, 1.54) is 0 Å². The van der Waals surface area contributed by atoms with Crippen molar-refractivity contribution >= 4 is 17.6 Å². The highest BCUT2D eigenvalue weighted by Gasteiger charge is 2.68. The molecule has 1 aliphatic rings. The number of carboxylic acid groups (broad SMARTS) is 1. The van der Waals surface area contributed by atoms with Crippen LogP contribution in [0.15, 0.2) is 18.2 Å². The van der Waals surface area contributed by atoms with Crippen molar-refractivity contribution in [1.29, 1.82) is 0 Å². The van der Waals surface area contributed by atoms with Crippen LogP contribution in [0.2, 0.25) is 5.02 Å². The van der Waals surface area contributed by atoms with Crippen molar-refractivity contribution in [3.63, 3.8) is 0 Å². The largest absolute Gasteiger partial charge is 0.481 e. The first-order chi connectivity index (χ1) is 7.33. The summed E-state index contributed by atoms with van der Waals surface area (Å²) in [6, 6.07) is 5.54. The number of carboxylic acids is 1. The molecule has 1 aliphatic carbocycles. The van der Waals surface area contributed by atoms with Crippen LogP contribution >= 0.6 is 11.6 Å². The Kier molecular flexibility index (Phi) is 2.32. The molecule has 86 valence electrons. The number of carbonyl (C=O) groups is 1. The molecule has 0 heterocycles. The second-order valence-corrected chi connectivity index (χ2v) is 5.61. The van der Waals surface area contributed by atoms with Gasteiger partial charge in [0, 0.05) is 5.02 Å². The van der Waals surface area contributed by atoms with E-state index in [0.29, 0.717) is 11.4 Å². The summed E-state index contributed by atoms with van der Waals surface area (Å²) in [5.74, 6) is -0.770. The molecule has 1 aromatic carbocycles. The van der Waals surface area contributed by atoms with Gasteiger partial charge >= 0.3 is 5.97 Å². The summed E-state index contributed by atoms with van der Waals surface area (Å²) in [5.41, 5.74) is 0.735. The van der Waals surface area contributed by atoms with Crippen LogP contribution in [0.1, 0.15) is 31.4 Å². The summed E-state index contributed by atoms with van der Waals surface area (Å²) in [5, 5.41) is 10.0. The Labute approximate surface area is 100 Å². The fourth-order valence-corrected chi connectivity index (χ4v) is 3.07. The van der Waals surface area contributed by atoms with Crippen LogP contribution in [0, 0.1) is 12.3 Å². The van der Waals surface area contributed by atoms with Crippen molar-refractivity contribution in [2.45, 2.75) is 32.6 Å². The van der Waals surface area contributed by atoms with E-state index in [-0.39, 0.29) is 5.41 Å². The monoisotopic (exact) mass is 238 g/mol. The molecule has 0 bridgehead atoms. The first-order valence-electron chi connectivity index (χ1n) is 5.32. The molecule has 1 saturated carbocycles. The Morgan fingerprint density at radius 1 is 1.44 bits per heavy atom. The van der Waals surface area contributed by atoms with E-state index in [0.717, 1.165) is 11.1 Å². The van der Waals surface area contributed by atoms with E-state index >= 15 is 0 Å². The molecule has 1 N–H and O–H groups in total. The Balaban J connectivity index is 2.64. The van der Waals surface area contributed by atoms with Gasteiger partial charge < -0.3 is 5.11 Å². The van der Waals surface area contributed by atoms with Crippen LogP contribution in [-0.4, -0.2) is 11.1 Å².